The van der Waals surface area contributed by atoms with Crippen molar-refractivity contribution in [2.45, 2.75) is 17.5 Å². The Balaban J connectivity index is 0.00000261. The van der Waals surface area contributed by atoms with Crippen molar-refractivity contribution in [3.8, 4) is 17.2 Å². The molecule has 2 aromatic heterocycles. The number of aromatic amines is 1. The van der Waals surface area contributed by atoms with E-state index < -0.39 is 17.8 Å². The van der Waals surface area contributed by atoms with Gasteiger partial charge in [0.25, 0.3) is 0 Å². The van der Waals surface area contributed by atoms with Crippen LogP contribution in [0.2, 0.25) is 0 Å². The van der Waals surface area contributed by atoms with Gasteiger partial charge < -0.3 is 18.8 Å². The van der Waals surface area contributed by atoms with Gasteiger partial charge in [0.15, 0.2) is 17.3 Å². The van der Waals surface area contributed by atoms with E-state index in [1.807, 2.05) is 0 Å². The second-order valence-corrected chi connectivity index (χ2v) is 6.45. The molecule has 0 spiro atoms. The van der Waals surface area contributed by atoms with Crippen molar-refractivity contribution in [1.82, 2.24) is 15.0 Å². The van der Waals surface area contributed by atoms with E-state index in [1.54, 1.807) is 6.07 Å². The summed E-state index contributed by atoms with van der Waals surface area (Å²) in [5, 5.41) is 0.195. The van der Waals surface area contributed by atoms with Gasteiger partial charge in [-0.3, -0.25) is 9.97 Å². The number of pyridine rings is 1. The molecule has 7 nitrogen and oxygen atoms in total. The second-order valence-electron chi connectivity index (χ2n) is 5.08. The number of nitrogens with one attached hydrogen (secondary N) is 1. The average molecular weight is 423 g/mol. The fraction of sp³-hybridized carbons (Fsp3) is 0.250. The first-order valence-corrected chi connectivity index (χ1v) is 8.72. The third-order valence-corrected chi connectivity index (χ3v) is 4.67. The Hall–Kier alpha value is -0.954. The van der Waals surface area contributed by atoms with E-state index in [9.17, 15) is 13.3 Å². The van der Waals surface area contributed by atoms with Crippen LogP contribution < -0.4 is 14.2 Å². The number of hydrogen-bond acceptors (Lipinski definition) is 6. The number of fused-ring (bicyclic) bond motifs is 1. The number of aromatic nitrogens is 3. The number of benzene rings is 1. The van der Waals surface area contributed by atoms with Crippen LogP contribution in [0, 0.1) is 0 Å². The SMILES string of the molecule is COc1ccnc(C[S+]([O-])c2nc3cc(OC(F)F)ccc3[nH]2)c1OC.[KH]. The third-order valence-electron chi connectivity index (χ3n) is 3.51. The molecule has 11 heteroatoms. The van der Waals surface area contributed by atoms with Gasteiger partial charge in [0.05, 0.1) is 25.3 Å². The molecule has 0 aliphatic heterocycles. The maximum absolute atomic E-state index is 12.6. The van der Waals surface area contributed by atoms with Gasteiger partial charge in [-0.1, -0.05) is 0 Å². The average Bonchev–Trinajstić information content (AvgIpc) is 3.04. The molecule has 0 radical (unpaired) electrons. The van der Waals surface area contributed by atoms with Crippen LogP contribution in [-0.4, -0.2) is 91.7 Å². The number of rotatable bonds is 7. The molecule has 0 saturated heterocycles. The molecular formula is C16H16F2KN3O4S. The minimum atomic E-state index is -2.92. The molecule has 2 heterocycles. The molecule has 1 unspecified atom stereocenters. The van der Waals surface area contributed by atoms with E-state index in [1.165, 1.54) is 38.6 Å². The number of H-pyrrole nitrogens is 1. The molecule has 1 N–H and O–H groups in total. The van der Waals surface area contributed by atoms with Crippen LogP contribution in [0.5, 0.6) is 17.2 Å². The van der Waals surface area contributed by atoms with E-state index in [0.717, 1.165) is 0 Å². The van der Waals surface area contributed by atoms with Gasteiger partial charge in [-0.2, -0.15) is 13.8 Å². The summed E-state index contributed by atoms with van der Waals surface area (Å²) in [4.78, 5) is 11.3. The van der Waals surface area contributed by atoms with E-state index in [0.29, 0.717) is 28.2 Å². The van der Waals surface area contributed by atoms with Crippen LogP contribution in [0.25, 0.3) is 11.0 Å². The molecule has 1 aromatic carbocycles. The third kappa shape index (κ3) is 5.31. The van der Waals surface area contributed by atoms with Gasteiger partial charge in [0.1, 0.15) is 11.4 Å². The van der Waals surface area contributed by atoms with E-state index in [4.69, 9.17) is 9.47 Å². The van der Waals surface area contributed by atoms with Gasteiger partial charge in [-0.15, -0.1) is 0 Å². The van der Waals surface area contributed by atoms with Crippen molar-refractivity contribution in [3.05, 3.63) is 36.2 Å². The van der Waals surface area contributed by atoms with Crippen LogP contribution >= 0.6 is 0 Å². The number of halogens is 2. The summed E-state index contributed by atoms with van der Waals surface area (Å²) in [6.07, 6.45) is 1.53. The molecule has 140 valence electrons. The zero-order valence-corrected chi connectivity index (χ0v) is 14.7. The Morgan fingerprint density at radius 1 is 1.22 bits per heavy atom. The van der Waals surface area contributed by atoms with Crippen LogP contribution in [0.3, 0.4) is 0 Å². The number of methoxy groups -OCH3 is 2. The molecule has 3 aromatic rings. The van der Waals surface area contributed by atoms with E-state index in [-0.39, 0.29) is 68.0 Å². The Bertz CT molecular complexity index is 913. The van der Waals surface area contributed by atoms with E-state index >= 15 is 0 Å². The zero-order valence-electron chi connectivity index (χ0n) is 13.9. The second kappa shape index (κ2) is 10.0. The van der Waals surface area contributed by atoms with Crippen LogP contribution in [0.1, 0.15) is 5.69 Å². The number of ether oxygens (including phenoxy) is 3. The minimum absolute atomic E-state index is 0. The number of nitrogens with zero attached hydrogens (tertiary/aromatic N) is 2. The molecule has 0 aliphatic carbocycles. The maximum atomic E-state index is 12.6. The summed E-state index contributed by atoms with van der Waals surface area (Å²) in [5.41, 5.74) is 1.38. The summed E-state index contributed by atoms with van der Waals surface area (Å²) in [6, 6.07) is 5.90. The quantitative estimate of drug-likeness (QED) is 0.463. The van der Waals surface area contributed by atoms with Gasteiger partial charge in [-0.25, -0.2) is 0 Å². The summed E-state index contributed by atoms with van der Waals surface area (Å²) in [7, 11) is 2.97. The predicted molar refractivity (Wildman–Crippen MR) is 97.3 cm³/mol. The molecule has 3 rings (SSSR count). The van der Waals surface area contributed by atoms with Crippen LogP contribution in [-0.2, 0) is 16.9 Å². The molecule has 0 bridgehead atoms. The molecule has 0 saturated carbocycles. The standard InChI is InChI=1S/C16H15F2N3O4S.K.H/c1-23-13-5-6-19-12(14(13)24-2)8-26(22)16-20-10-4-3-9(25-15(17)18)7-11(10)21-16;;/h3-7,15H,8H2,1-2H3,(H,20,21);;. The topological polar surface area (TPSA) is 92.3 Å². The zero-order chi connectivity index (χ0) is 18.7. The first kappa shape index (κ1) is 22.3. The van der Waals surface area contributed by atoms with Crippen molar-refractivity contribution < 1.29 is 27.5 Å². The molecule has 0 amide bonds. The van der Waals surface area contributed by atoms with Crippen LogP contribution in [0.4, 0.5) is 8.78 Å². The van der Waals surface area contributed by atoms with Gasteiger partial charge in [-0.05, 0) is 12.1 Å². The summed E-state index contributed by atoms with van der Waals surface area (Å²) < 4.78 is 52.1. The number of alkyl halides is 2. The molecule has 0 aliphatic rings. The van der Waals surface area contributed by atoms with E-state index in [2.05, 4.69) is 19.7 Å². The Morgan fingerprint density at radius 3 is 2.67 bits per heavy atom. The summed E-state index contributed by atoms with van der Waals surface area (Å²) >= 11 is -1.56. The van der Waals surface area contributed by atoms with Gasteiger partial charge >= 0.3 is 63.2 Å². The number of imidazole rings is 1. The fourth-order valence-electron chi connectivity index (χ4n) is 2.39. The summed E-state index contributed by atoms with van der Waals surface area (Å²) in [6.45, 7) is -2.92. The number of hydrogen-bond donors (Lipinski definition) is 1. The van der Waals surface area contributed by atoms with Crippen molar-refractivity contribution in [3.63, 3.8) is 0 Å². The van der Waals surface area contributed by atoms with Crippen LogP contribution in [0.15, 0.2) is 35.6 Å². The van der Waals surface area contributed by atoms with Crippen molar-refractivity contribution in [2.75, 3.05) is 14.2 Å². The first-order chi connectivity index (χ1) is 12.5. The molecule has 27 heavy (non-hydrogen) atoms. The normalized spacial score (nSPS) is 11.9. The monoisotopic (exact) mass is 423 g/mol. The molecule has 1 atom stereocenters. The van der Waals surface area contributed by atoms with Gasteiger partial charge in [0.2, 0.25) is 0 Å². The first-order valence-electron chi connectivity index (χ1n) is 7.40. The van der Waals surface area contributed by atoms with Crippen molar-refractivity contribution in [1.29, 1.82) is 0 Å². The Morgan fingerprint density at radius 2 is 2.00 bits per heavy atom. The van der Waals surface area contributed by atoms with Crippen molar-refractivity contribution >= 4 is 73.6 Å². The molecular weight excluding hydrogens is 407 g/mol. The fourth-order valence-corrected chi connectivity index (χ4v) is 3.41. The summed E-state index contributed by atoms with van der Waals surface area (Å²) in [5.74, 6) is 0.896. The molecule has 0 fully saturated rings. The van der Waals surface area contributed by atoms with Crippen molar-refractivity contribution in [2.24, 2.45) is 0 Å². The van der Waals surface area contributed by atoms with Gasteiger partial charge in [0, 0.05) is 29.5 Å². The predicted octanol–water partition coefficient (Wildman–Crippen LogP) is 2.24. The Labute approximate surface area is 199 Å². The Kier molecular flexibility index (Phi) is 8.28.